The van der Waals surface area contributed by atoms with Gasteiger partial charge in [0, 0.05) is 47.6 Å². The second-order valence-electron chi connectivity index (χ2n) is 7.24. The van der Waals surface area contributed by atoms with Crippen LogP contribution in [0.1, 0.15) is 21.5 Å². The summed E-state index contributed by atoms with van der Waals surface area (Å²) in [6.07, 6.45) is 5.58. The Bertz CT molecular complexity index is 1170. The normalized spacial score (nSPS) is 10.5. The predicted molar refractivity (Wildman–Crippen MR) is 124 cm³/mol. The molecule has 2 heterocycles. The van der Waals surface area contributed by atoms with Crippen molar-refractivity contribution in [1.82, 2.24) is 9.97 Å². The Kier molecular flexibility index (Phi) is 5.98. The molecule has 0 fully saturated rings. The number of hydrogen-bond donors (Lipinski definition) is 3. The number of esters is 1. The molecule has 0 aliphatic heterocycles. The molecule has 31 heavy (non-hydrogen) atoms. The second-order valence-corrected chi connectivity index (χ2v) is 7.24. The minimum absolute atomic E-state index is 0.329. The van der Waals surface area contributed by atoms with Crippen molar-refractivity contribution < 1.29 is 9.53 Å². The number of nitrogens with zero attached hydrogens (tertiary/aromatic N) is 1. The van der Waals surface area contributed by atoms with Gasteiger partial charge in [0.2, 0.25) is 0 Å². The average molecular weight is 412 g/mol. The molecule has 0 saturated carbocycles. The Morgan fingerprint density at radius 3 is 2.65 bits per heavy atom. The summed E-state index contributed by atoms with van der Waals surface area (Å²) in [6.45, 7) is 2.72. The van der Waals surface area contributed by atoms with Gasteiger partial charge < -0.3 is 20.4 Å². The first-order valence-corrected chi connectivity index (χ1v) is 10.00. The van der Waals surface area contributed by atoms with Gasteiger partial charge in [-0.05, 0) is 54.4 Å². The Labute approximate surface area is 181 Å². The molecular formula is C25H24N4O2. The van der Waals surface area contributed by atoms with Crippen molar-refractivity contribution in [1.29, 1.82) is 0 Å². The number of ether oxygens (including phenoxy) is 1. The first-order valence-electron chi connectivity index (χ1n) is 10.00. The molecule has 4 aromatic rings. The molecule has 2 aromatic carbocycles. The largest absolute Gasteiger partial charge is 0.465 e. The molecule has 0 amide bonds. The zero-order chi connectivity index (χ0) is 21.6. The van der Waals surface area contributed by atoms with Gasteiger partial charge in [0.15, 0.2) is 0 Å². The summed E-state index contributed by atoms with van der Waals surface area (Å²) < 4.78 is 4.74. The number of pyridine rings is 1. The van der Waals surface area contributed by atoms with Crippen molar-refractivity contribution in [3.63, 3.8) is 0 Å². The highest BCUT2D eigenvalue weighted by Gasteiger charge is 2.07. The third-order valence-electron chi connectivity index (χ3n) is 5.06. The van der Waals surface area contributed by atoms with Crippen molar-refractivity contribution in [3.05, 3.63) is 95.9 Å². The second kappa shape index (κ2) is 9.17. The average Bonchev–Trinajstić information content (AvgIpc) is 3.28. The first-order chi connectivity index (χ1) is 15.1. The highest BCUT2D eigenvalue weighted by atomic mass is 16.5. The minimum Gasteiger partial charge on any atom is -0.465 e. The molecule has 0 spiro atoms. The van der Waals surface area contributed by atoms with Gasteiger partial charge in [-0.1, -0.05) is 24.3 Å². The number of anilines is 3. The van der Waals surface area contributed by atoms with Gasteiger partial charge in [0.25, 0.3) is 0 Å². The van der Waals surface area contributed by atoms with Crippen molar-refractivity contribution in [2.75, 3.05) is 17.7 Å². The maximum atomic E-state index is 11.6. The zero-order valence-corrected chi connectivity index (χ0v) is 17.5. The van der Waals surface area contributed by atoms with Crippen LogP contribution in [-0.4, -0.2) is 23.0 Å². The monoisotopic (exact) mass is 412 g/mol. The third-order valence-corrected chi connectivity index (χ3v) is 5.06. The lowest BCUT2D eigenvalue weighted by Crippen LogP contribution is -2.03. The number of benzene rings is 2. The summed E-state index contributed by atoms with van der Waals surface area (Å²) in [4.78, 5) is 19.0. The molecular weight excluding hydrogens is 388 g/mol. The number of aromatic nitrogens is 2. The fourth-order valence-electron chi connectivity index (χ4n) is 3.26. The van der Waals surface area contributed by atoms with E-state index in [1.54, 1.807) is 18.3 Å². The molecule has 6 nitrogen and oxygen atoms in total. The Hall–Kier alpha value is -4.06. The van der Waals surface area contributed by atoms with Crippen LogP contribution in [0.2, 0.25) is 0 Å². The topological polar surface area (TPSA) is 79.0 Å². The fraction of sp³-hybridized carbons (Fsp3) is 0.120. The van der Waals surface area contributed by atoms with Crippen LogP contribution in [0, 0.1) is 6.92 Å². The van der Waals surface area contributed by atoms with Crippen LogP contribution in [0.25, 0.3) is 11.1 Å². The van der Waals surface area contributed by atoms with E-state index >= 15 is 0 Å². The number of carbonyl (C=O) groups excluding carboxylic acids is 1. The summed E-state index contributed by atoms with van der Waals surface area (Å²) in [7, 11) is 1.38. The lowest BCUT2D eigenvalue weighted by Gasteiger charge is -2.12. The maximum absolute atomic E-state index is 11.6. The number of nitrogens with one attached hydrogen (secondary N) is 3. The van der Waals surface area contributed by atoms with E-state index in [0.29, 0.717) is 12.1 Å². The van der Waals surface area contributed by atoms with E-state index in [0.717, 1.165) is 39.4 Å². The van der Waals surface area contributed by atoms with E-state index in [1.807, 2.05) is 36.7 Å². The smallest absolute Gasteiger partial charge is 0.337 e. The van der Waals surface area contributed by atoms with E-state index in [4.69, 9.17) is 4.74 Å². The van der Waals surface area contributed by atoms with Crippen molar-refractivity contribution in [2.24, 2.45) is 0 Å². The van der Waals surface area contributed by atoms with Crippen LogP contribution in [-0.2, 0) is 11.3 Å². The lowest BCUT2D eigenvalue weighted by molar-refractivity contribution is 0.0600. The molecule has 0 radical (unpaired) electrons. The Morgan fingerprint density at radius 2 is 1.90 bits per heavy atom. The number of methoxy groups -OCH3 is 1. The van der Waals surface area contributed by atoms with E-state index < -0.39 is 0 Å². The van der Waals surface area contributed by atoms with E-state index in [2.05, 4.69) is 51.8 Å². The molecule has 3 N–H and O–H groups in total. The third kappa shape index (κ3) is 4.93. The molecule has 0 aliphatic rings. The van der Waals surface area contributed by atoms with Gasteiger partial charge in [-0.25, -0.2) is 4.79 Å². The minimum atomic E-state index is -0.329. The summed E-state index contributed by atoms with van der Waals surface area (Å²) in [5.74, 6) is 0.585. The summed E-state index contributed by atoms with van der Waals surface area (Å²) in [5, 5.41) is 6.89. The van der Waals surface area contributed by atoms with Crippen LogP contribution >= 0.6 is 0 Å². The molecule has 4 rings (SSSR count). The molecule has 0 atom stereocenters. The Morgan fingerprint density at radius 1 is 1.06 bits per heavy atom. The number of carbonyl (C=O) groups is 1. The Balaban J connectivity index is 1.43. The molecule has 0 unspecified atom stereocenters. The number of rotatable bonds is 7. The van der Waals surface area contributed by atoms with Crippen LogP contribution in [0.15, 0.2) is 79.3 Å². The van der Waals surface area contributed by atoms with Crippen LogP contribution in [0.3, 0.4) is 0 Å². The molecule has 2 aromatic heterocycles. The molecule has 6 heteroatoms. The maximum Gasteiger partial charge on any atom is 0.337 e. The zero-order valence-electron chi connectivity index (χ0n) is 17.5. The van der Waals surface area contributed by atoms with E-state index in [-0.39, 0.29) is 5.97 Å². The van der Waals surface area contributed by atoms with Crippen molar-refractivity contribution in [3.8, 4) is 11.1 Å². The van der Waals surface area contributed by atoms with Gasteiger partial charge in [0.05, 0.1) is 12.7 Å². The fourth-order valence-corrected chi connectivity index (χ4v) is 3.26. The van der Waals surface area contributed by atoms with Crippen LogP contribution in [0.5, 0.6) is 0 Å². The molecule has 0 aliphatic carbocycles. The molecule has 156 valence electrons. The standard InChI is InChI=1S/C25H24N4O2/c1-17-5-10-22(27-14-18-6-8-19(9-7-18)25(30)31-2)13-23(17)29-24-12-21(16-28-24)20-4-3-11-26-15-20/h3-13,15-16,27-29H,14H2,1-2H3. The number of H-pyrrole nitrogens is 1. The van der Waals surface area contributed by atoms with Gasteiger partial charge in [-0.15, -0.1) is 0 Å². The van der Waals surface area contributed by atoms with Crippen LogP contribution < -0.4 is 10.6 Å². The number of hydrogen-bond acceptors (Lipinski definition) is 5. The van der Waals surface area contributed by atoms with Gasteiger partial charge in [0.1, 0.15) is 5.82 Å². The lowest BCUT2D eigenvalue weighted by atomic mass is 10.1. The summed E-state index contributed by atoms with van der Waals surface area (Å²) in [5.41, 5.74) is 6.94. The van der Waals surface area contributed by atoms with E-state index in [9.17, 15) is 4.79 Å². The number of aromatic amines is 1. The van der Waals surface area contributed by atoms with Gasteiger partial charge in [-0.2, -0.15) is 0 Å². The predicted octanol–water partition coefficient (Wildman–Crippen LogP) is 5.53. The van der Waals surface area contributed by atoms with Gasteiger partial charge in [-0.3, -0.25) is 4.98 Å². The first kappa shape index (κ1) is 20.2. The van der Waals surface area contributed by atoms with Crippen molar-refractivity contribution in [2.45, 2.75) is 13.5 Å². The number of aryl methyl sites for hydroxylation is 1. The van der Waals surface area contributed by atoms with Gasteiger partial charge >= 0.3 is 5.97 Å². The highest BCUT2D eigenvalue weighted by Crippen LogP contribution is 2.27. The molecule has 0 bridgehead atoms. The summed E-state index contributed by atoms with van der Waals surface area (Å²) >= 11 is 0. The summed E-state index contributed by atoms with van der Waals surface area (Å²) in [6, 6.07) is 19.6. The van der Waals surface area contributed by atoms with E-state index in [1.165, 1.54) is 7.11 Å². The highest BCUT2D eigenvalue weighted by molar-refractivity contribution is 5.89. The van der Waals surface area contributed by atoms with Crippen LogP contribution in [0.4, 0.5) is 17.2 Å². The van der Waals surface area contributed by atoms with Crippen molar-refractivity contribution >= 4 is 23.2 Å². The SMILES string of the molecule is COC(=O)c1ccc(CNc2ccc(C)c(Nc3cc(-c4cccnc4)c[nH]3)c2)cc1. The molecule has 0 saturated heterocycles. The quantitative estimate of drug-likeness (QED) is 0.348.